The second-order valence-corrected chi connectivity index (χ2v) is 9.32. The van der Waals surface area contributed by atoms with E-state index in [0.29, 0.717) is 23.8 Å². The smallest absolute Gasteiger partial charge is 0.312 e. The Morgan fingerprint density at radius 1 is 1.22 bits per heavy atom. The summed E-state index contributed by atoms with van der Waals surface area (Å²) in [5.41, 5.74) is 1.95. The van der Waals surface area contributed by atoms with Gasteiger partial charge in [-0.15, -0.1) is 0 Å². The van der Waals surface area contributed by atoms with Gasteiger partial charge in [-0.25, -0.2) is 9.37 Å². The van der Waals surface area contributed by atoms with Crippen molar-refractivity contribution in [3.8, 4) is 0 Å². The molecule has 7 nitrogen and oxygen atoms in total. The monoisotopic (exact) mass is 475 g/mol. The minimum absolute atomic E-state index is 0.0787. The zero-order valence-corrected chi connectivity index (χ0v) is 18.5. The number of benzene rings is 2. The normalized spacial score (nSPS) is 14.2. The lowest BCUT2D eigenvalue weighted by Crippen LogP contribution is -2.48. The molecule has 0 atom stereocenters. The number of halogens is 2. The Labute approximate surface area is 189 Å². The number of amides is 1. The second kappa shape index (κ2) is 8.50. The third-order valence-electron chi connectivity index (χ3n) is 5.35. The lowest BCUT2D eigenvalue weighted by molar-refractivity contribution is 0.0602. The van der Waals surface area contributed by atoms with E-state index in [-0.39, 0.29) is 34.5 Å². The second-order valence-electron chi connectivity index (χ2n) is 7.55. The Morgan fingerprint density at radius 3 is 2.53 bits per heavy atom. The molecule has 0 unspecified atom stereocenters. The predicted molar refractivity (Wildman–Crippen MR) is 119 cm³/mol. The Balaban J connectivity index is 1.65. The Kier molecular flexibility index (Phi) is 5.89. The van der Waals surface area contributed by atoms with E-state index in [4.69, 9.17) is 11.6 Å². The van der Waals surface area contributed by atoms with Gasteiger partial charge in [-0.05, 0) is 42.8 Å². The summed E-state index contributed by atoms with van der Waals surface area (Å²) in [5, 5.41) is 2.96. The molecule has 0 bridgehead atoms. The van der Waals surface area contributed by atoms with Gasteiger partial charge >= 0.3 is 10.1 Å². The minimum Gasteiger partial charge on any atom is -0.354 e. The molecule has 1 aromatic heterocycles. The predicted octanol–water partition coefficient (Wildman–Crippen LogP) is 4.41. The van der Waals surface area contributed by atoms with Crippen LogP contribution in [0.3, 0.4) is 0 Å². The first-order valence-corrected chi connectivity index (χ1v) is 11.5. The van der Waals surface area contributed by atoms with Crippen LogP contribution in [0.25, 0.3) is 0 Å². The zero-order valence-electron chi connectivity index (χ0n) is 16.9. The molecule has 4 rings (SSSR count). The molecule has 1 aliphatic heterocycles. The zero-order chi connectivity index (χ0) is 23.0. The van der Waals surface area contributed by atoms with E-state index < -0.39 is 15.1 Å². The maximum atomic E-state index is 13.2. The number of likely N-dealkylation sites (tertiary alicyclic amines) is 1. The van der Waals surface area contributed by atoms with Gasteiger partial charge in [0.15, 0.2) is 5.03 Å². The molecule has 0 radical (unpaired) electrons. The van der Waals surface area contributed by atoms with Gasteiger partial charge in [0.25, 0.3) is 5.91 Å². The molecule has 3 aromatic rings. The largest absolute Gasteiger partial charge is 0.354 e. The van der Waals surface area contributed by atoms with E-state index in [1.165, 1.54) is 19.1 Å². The topological polar surface area (TPSA) is 99.6 Å². The van der Waals surface area contributed by atoms with E-state index >= 15 is 0 Å². The molecule has 2 aromatic carbocycles. The van der Waals surface area contributed by atoms with E-state index in [0.717, 1.165) is 11.8 Å². The Morgan fingerprint density at radius 2 is 1.91 bits per heavy atom. The highest BCUT2D eigenvalue weighted by Gasteiger charge is 2.34. The van der Waals surface area contributed by atoms with Crippen molar-refractivity contribution in [1.29, 1.82) is 0 Å². The van der Waals surface area contributed by atoms with Crippen molar-refractivity contribution >= 4 is 39.0 Å². The summed E-state index contributed by atoms with van der Waals surface area (Å²) in [6, 6.07) is 12.9. The highest BCUT2D eigenvalue weighted by molar-refractivity contribution is 7.85. The lowest BCUT2D eigenvalue weighted by Gasteiger charge is -2.40. The van der Waals surface area contributed by atoms with Crippen molar-refractivity contribution in [2.45, 2.75) is 17.9 Å². The fraction of sp³-hybridized carbons (Fsp3) is 0.182. The Bertz CT molecular complexity index is 1290. The highest BCUT2D eigenvalue weighted by Crippen LogP contribution is 2.33. The summed E-state index contributed by atoms with van der Waals surface area (Å²) < 4.78 is 46.2. The van der Waals surface area contributed by atoms with Gasteiger partial charge < -0.3 is 10.2 Å². The van der Waals surface area contributed by atoms with Crippen molar-refractivity contribution < 1.29 is 22.2 Å². The number of hydrogen-bond donors (Lipinski definition) is 2. The van der Waals surface area contributed by atoms with Crippen LogP contribution in [0.2, 0.25) is 5.02 Å². The van der Waals surface area contributed by atoms with Crippen molar-refractivity contribution in [2.75, 3.05) is 18.4 Å². The number of carbonyl (C=O) groups excluding carboxylic acids is 1. The van der Waals surface area contributed by atoms with Gasteiger partial charge in [-0.1, -0.05) is 29.8 Å². The van der Waals surface area contributed by atoms with Crippen molar-refractivity contribution in [2.24, 2.45) is 0 Å². The number of pyridine rings is 1. The minimum atomic E-state index is -4.59. The summed E-state index contributed by atoms with van der Waals surface area (Å²) in [4.78, 5) is 18.6. The van der Waals surface area contributed by atoms with Gasteiger partial charge in [0.1, 0.15) is 5.82 Å². The number of anilines is 2. The number of nitrogens with one attached hydrogen (secondary N) is 1. The number of hydrogen-bond acceptors (Lipinski definition) is 5. The fourth-order valence-electron chi connectivity index (χ4n) is 3.65. The summed E-state index contributed by atoms with van der Waals surface area (Å²) in [7, 11) is -4.59. The molecule has 1 fully saturated rings. The third kappa shape index (κ3) is 4.45. The summed E-state index contributed by atoms with van der Waals surface area (Å²) in [6.45, 7) is 2.32. The molecule has 0 spiro atoms. The summed E-state index contributed by atoms with van der Waals surface area (Å²) in [5.74, 6) is -0.585. The highest BCUT2D eigenvalue weighted by atomic mass is 35.5. The molecule has 2 heterocycles. The number of carbonyl (C=O) groups is 1. The first-order valence-electron chi connectivity index (χ1n) is 9.68. The molecule has 1 saturated heterocycles. The summed E-state index contributed by atoms with van der Waals surface area (Å²) in [6.07, 6.45) is 1.14. The molecule has 0 aliphatic carbocycles. The van der Waals surface area contributed by atoms with Crippen LogP contribution in [-0.4, -0.2) is 41.9 Å². The van der Waals surface area contributed by atoms with Gasteiger partial charge in [0.2, 0.25) is 0 Å². The van der Waals surface area contributed by atoms with Gasteiger partial charge in [0.05, 0.1) is 11.3 Å². The van der Waals surface area contributed by atoms with Crippen LogP contribution in [0.4, 0.5) is 15.8 Å². The molecular weight excluding hydrogens is 457 g/mol. The molecule has 166 valence electrons. The summed E-state index contributed by atoms with van der Waals surface area (Å²) >= 11 is 6.04. The molecule has 0 saturated carbocycles. The first-order chi connectivity index (χ1) is 15.1. The number of rotatable bonds is 5. The quantitative estimate of drug-likeness (QED) is 0.530. The van der Waals surface area contributed by atoms with Crippen LogP contribution in [0, 0.1) is 12.7 Å². The molecule has 1 aliphatic rings. The van der Waals surface area contributed by atoms with Crippen LogP contribution in [0.5, 0.6) is 0 Å². The number of nitrogens with zero attached hydrogens (tertiary/aromatic N) is 2. The first kappa shape index (κ1) is 22.2. The fourth-order valence-corrected chi connectivity index (χ4v) is 4.51. The van der Waals surface area contributed by atoms with E-state index in [1.807, 2.05) is 0 Å². The SMILES string of the molecule is Cc1c(S(=O)(=O)O)ncc(C(=O)N2CC(c3ccc(F)cc3)C2)c1Nc1cccc(Cl)c1. The maximum Gasteiger partial charge on any atom is 0.312 e. The van der Waals surface area contributed by atoms with Crippen molar-refractivity contribution in [3.63, 3.8) is 0 Å². The number of aromatic nitrogens is 1. The molecule has 1 amide bonds. The van der Waals surface area contributed by atoms with E-state index in [9.17, 15) is 22.2 Å². The van der Waals surface area contributed by atoms with Crippen LogP contribution in [0.1, 0.15) is 27.4 Å². The van der Waals surface area contributed by atoms with E-state index in [2.05, 4.69) is 10.3 Å². The van der Waals surface area contributed by atoms with Crippen molar-refractivity contribution in [1.82, 2.24) is 9.88 Å². The van der Waals surface area contributed by atoms with Crippen molar-refractivity contribution in [3.05, 3.63) is 82.3 Å². The average Bonchev–Trinajstić information content (AvgIpc) is 2.68. The molecular formula is C22H19ClFN3O4S. The molecule has 2 N–H and O–H groups in total. The van der Waals surface area contributed by atoms with Gasteiger partial charge in [-0.2, -0.15) is 8.42 Å². The van der Waals surface area contributed by atoms with Crippen LogP contribution in [-0.2, 0) is 10.1 Å². The van der Waals surface area contributed by atoms with Crippen LogP contribution in [0.15, 0.2) is 59.8 Å². The van der Waals surface area contributed by atoms with E-state index in [1.54, 1.807) is 41.3 Å². The van der Waals surface area contributed by atoms with Gasteiger partial charge in [-0.3, -0.25) is 9.35 Å². The standard InChI is InChI=1S/C22H19ClFN3O4S/c1-13-20(26-18-4-2-3-16(23)9-18)19(10-25-21(13)32(29,30)31)22(28)27-11-15(12-27)14-5-7-17(24)8-6-14/h2-10,15H,11-12H2,1H3,(H,25,26)(H,29,30,31). The van der Waals surface area contributed by atoms with Gasteiger partial charge in [0, 0.05) is 41.5 Å². The molecule has 10 heteroatoms. The maximum absolute atomic E-state index is 13.2. The lowest BCUT2D eigenvalue weighted by atomic mass is 9.90. The van der Waals surface area contributed by atoms with Crippen LogP contribution < -0.4 is 5.32 Å². The van der Waals surface area contributed by atoms with Crippen LogP contribution >= 0.6 is 11.6 Å². The molecule has 32 heavy (non-hydrogen) atoms. The Hall–Kier alpha value is -3.01. The third-order valence-corrected chi connectivity index (χ3v) is 6.49. The average molecular weight is 476 g/mol.